The lowest BCUT2D eigenvalue weighted by Crippen LogP contribution is -2.16. The molecule has 136 valence electrons. The van der Waals surface area contributed by atoms with E-state index in [1.165, 1.54) is 19.3 Å². The predicted molar refractivity (Wildman–Crippen MR) is 102 cm³/mol. The van der Waals surface area contributed by atoms with Crippen molar-refractivity contribution in [1.82, 2.24) is 9.78 Å². The van der Waals surface area contributed by atoms with Gasteiger partial charge in [0, 0.05) is 0 Å². The number of benzene rings is 1. The molecule has 0 bridgehead atoms. The first-order chi connectivity index (χ1) is 12.7. The number of aliphatic imine (C=N–C) groups is 1. The number of aromatic nitrogens is 2. The predicted octanol–water partition coefficient (Wildman–Crippen LogP) is 4.30. The molecule has 1 aromatic carbocycles. The lowest BCUT2D eigenvalue weighted by atomic mass is 9.95. The average molecular weight is 371 g/mol. The highest BCUT2D eigenvalue weighted by atomic mass is 32.2. The zero-order valence-corrected chi connectivity index (χ0v) is 15.5. The van der Waals surface area contributed by atoms with Gasteiger partial charge in [-0.1, -0.05) is 37.1 Å². The molecule has 1 aromatic heterocycles. The zero-order valence-electron chi connectivity index (χ0n) is 14.7. The highest BCUT2D eigenvalue weighted by molar-refractivity contribution is 8.14. The van der Waals surface area contributed by atoms with Crippen LogP contribution < -0.4 is 15.0 Å². The highest BCUT2D eigenvalue weighted by Crippen LogP contribution is 2.47. The number of hydrogen-bond acceptors (Lipinski definition) is 5. The maximum atomic E-state index is 12.8. The van der Waals surface area contributed by atoms with Crippen molar-refractivity contribution < 1.29 is 9.47 Å². The minimum atomic E-state index is -0.0782. The molecule has 5 rings (SSSR count). The standard InChI is InChI=1S/C19H21N3O3S/c1-11-20-18-16(19(23)21-22(18)13-5-3-2-4-6-13)17(26-11)12-7-8-14-15(9-12)25-10-24-14/h7-9,13,17H,2-6,10H2,1H3,(H,21,23). The van der Waals surface area contributed by atoms with Crippen LogP contribution in [0.1, 0.15) is 61.4 Å². The monoisotopic (exact) mass is 371 g/mol. The molecular weight excluding hydrogens is 350 g/mol. The summed E-state index contributed by atoms with van der Waals surface area (Å²) in [5.41, 5.74) is 1.77. The Morgan fingerprint density at radius 2 is 2.00 bits per heavy atom. The third kappa shape index (κ3) is 2.57. The van der Waals surface area contributed by atoms with E-state index in [0.717, 1.165) is 46.3 Å². The average Bonchev–Trinajstić information content (AvgIpc) is 3.25. The number of thioether (sulfide) groups is 1. The molecule has 1 saturated carbocycles. The van der Waals surface area contributed by atoms with Crippen molar-refractivity contribution in [2.24, 2.45) is 4.99 Å². The molecule has 0 amide bonds. The van der Waals surface area contributed by atoms with Gasteiger partial charge in [0.15, 0.2) is 17.3 Å². The van der Waals surface area contributed by atoms with Gasteiger partial charge >= 0.3 is 0 Å². The van der Waals surface area contributed by atoms with Crippen molar-refractivity contribution in [2.45, 2.75) is 50.3 Å². The molecule has 2 aromatic rings. The van der Waals surface area contributed by atoms with E-state index in [4.69, 9.17) is 14.5 Å². The summed E-state index contributed by atoms with van der Waals surface area (Å²) in [5.74, 6) is 2.31. The van der Waals surface area contributed by atoms with Crippen LogP contribution in [0.4, 0.5) is 5.82 Å². The lowest BCUT2D eigenvalue weighted by molar-refractivity contribution is 0.174. The SMILES string of the molecule is CC1=Nc2c(c(=O)[nH]n2C2CCCCC2)C(c2ccc3c(c2)OCO3)S1. The number of nitrogens with zero attached hydrogens (tertiary/aromatic N) is 2. The third-order valence-corrected chi connectivity index (χ3v) is 6.56. The van der Waals surface area contributed by atoms with Crippen molar-refractivity contribution in [3.05, 3.63) is 39.7 Å². The second-order valence-electron chi connectivity index (χ2n) is 7.08. The second kappa shape index (κ2) is 6.23. The molecule has 1 aliphatic carbocycles. The number of nitrogens with one attached hydrogen (secondary N) is 1. The van der Waals surface area contributed by atoms with E-state index in [-0.39, 0.29) is 17.6 Å². The molecule has 3 aliphatic rings. The molecule has 1 fully saturated rings. The van der Waals surface area contributed by atoms with Gasteiger partial charge in [-0.2, -0.15) is 0 Å². The van der Waals surface area contributed by atoms with Gasteiger partial charge in [-0.25, -0.2) is 4.99 Å². The van der Waals surface area contributed by atoms with Crippen molar-refractivity contribution in [2.75, 3.05) is 6.79 Å². The van der Waals surface area contributed by atoms with E-state index >= 15 is 0 Å². The topological polar surface area (TPSA) is 68.6 Å². The van der Waals surface area contributed by atoms with E-state index in [2.05, 4.69) is 5.10 Å². The molecule has 1 N–H and O–H groups in total. The maximum Gasteiger partial charge on any atom is 0.271 e. The van der Waals surface area contributed by atoms with Gasteiger partial charge in [-0.3, -0.25) is 14.6 Å². The van der Waals surface area contributed by atoms with Gasteiger partial charge in [-0.05, 0) is 37.5 Å². The molecule has 0 radical (unpaired) electrons. The Morgan fingerprint density at radius 3 is 2.85 bits per heavy atom. The fourth-order valence-electron chi connectivity index (χ4n) is 4.12. The van der Waals surface area contributed by atoms with E-state index in [1.807, 2.05) is 29.8 Å². The van der Waals surface area contributed by atoms with Crippen molar-refractivity contribution in [3.63, 3.8) is 0 Å². The van der Waals surface area contributed by atoms with E-state index in [9.17, 15) is 4.79 Å². The van der Waals surface area contributed by atoms with Crippen LogP contribution in [0.15, 0.2) is 28.0 Å². The van der Waals surface area contributed by atoms with Crippen LogP contribution >= 0.6 is 11.8 Å². The van der Waals surface area contributed by atoms with Gasteiger partial charge in [0.05, 0.1) is 21.9 Å². The van der Waals surface area contributed by atoms with Crippen LogP contribution in [0.25, 0.3) is 0 Å². The van der Waals surface area contributed by atoms with Crippen molar-refractivity contribution in [3.8, 4) is 11.5 Å². The number of H-pyrrole nitrogens is 1. The Hall–Kier alpha value is -2.15. The molecule has 6 nitrogen and oxygen atoms in total. The Morgan fingerprint density at radius 1 is 1.19 bits per heavy atom. The third-order valence-electron chi connectivity index (χ3n) is 5.39. The van der Waals surface area contributed by atoms with Gasteiger partial charge in [0.2, 0.25) is 6.79 Å². The van der Waals surface area contributed by atoms with Crippen molar-refractivity contribution in [1.29, 1.82) is 0 Å². The Balaban J connectivity index is 1.60. The molecule has 26 heavy (non-hydrogen) atoms. The lowest BCUT2D eigenvalue weighted by Gasteiger charge is -2.26. The second-order valence-corrected chi connectivity index (χ2v) is 8.38. The van der Waals surface area contributed by atoms with Gasteiger partial charge in [0.25, 0.3) is 5.56 Å². The number of rotatable bonds is 2. The minimum Gasteiger partial charge on any atom is -0.454 e. The molecule has 1 unspecified atom stereocenters. The van der Waals surface area contributed by atoms with E-state index in [1.54, 1.807) is 11.8 Å². The molecule has 1 atom stereocenters. The smallest absolute Gasteiger partial charge is 0.271 e. The van der Waals surface area contributed by atoms with Crippen LogP contribution in [-0.2, 0) is 0 Å². The molecule has 3 heterocycles. The van der Waals surface area contributed by atoms with Crippen molar-refractivity contribution >= 4 is 22.6 Å². The summed E-state index contributed by atoms with van der Waals surface area (Å²) in [4.78, 5) is 17.6. The van der Waals surface area contributed by atoms with Crippen LogP contribution in [0, 0.1) is 0 Å². The van der Waals surface area contributed by atoms with Crippen LogP contribution in [-0.4, -0.2) is 21.6 Å². The van der Waals surface area contributed by atoms with Gasteiger partial charge in [-0.15, -0.1) is 0 Å². The number of ether oxygens (including phenoxy) is 2. The summed E-state index contributed by atoms with van der Waals surface area (Å²) in [6, 6.07) is 6.27. The number of aromatic amines is 1. The summed E-state index contributed by atoms with van der Waals surface area (Å²) in [7, 11) is 0. The Labute approximate surface area is 155 Å². The van der Waals surface area contributed by atoms with Crippen LogP contribution in [0.5, 0.6) is 11.5 Å². The Bertz CT molecular complexity index is 940. The molecular formula is C19H21N3O3S. The van der Waals surface area contributed by atoms with E-state index in [0.29, 0.717) is 6.04 Å². The first-order valence-corrected chi connectivity index (χ1v) is 10.0. The first kappa shape index (κ1) is 16.1. The minimum absolute atomic E-state index is 0.0306. The molecule has 2 aliphatic heterocycles. The Kier molecular flexibility index (Phi) is 3.85. The molecule has 0 saturated heterocycles. The quantitative estimate of drug-likeness (QED) is 0.855. The van der Waals surface area contributed by atoms with Crippen LogP contribution in [0.2, 0.25) is 0 Å². The maximum absolute atomic E-state index is 12.8. The summed E-state index contributed by atoms with van der Waals surface area (Å²) < 4.78 is 13.0. The summed E-state index contributed by atoms with van der Waals surface area (Å²) in [6.07, 6.45) is 5.91. The summed E-state index contributed by atoms with van der Waals surface area (Å²) >= 11 is 1.62. The summed E-state index contributed by atoms with van der Waals surface area (Å²) in [5, 5.41) is 3.98. The van der Waals surface area contributed by atoms with Crippen LogP contribution in [0.3, 0.4) is 0 Å². The molecule has 7 heteroatoms. The summed E-state index contributed by atoms with van der Waals surface area (Å²) in [6.45, 7) is 2.26. The largest absolute Gasteiger partial charge is 0.454 e. The fourth-order valence-corrected chi connectivity index (χ4v) is 5.22. The molecule has 0 spiro atoms. The zero-order chi connectivity index (χ0) is 17.7. The normalized spacial score (nSPS) is 22.2. The number of fused-ring (bicyclic) bond motifs is 2. The van der Waals surface area contributed by atoms with E-state index < -0.39 is 0 Å². The number of hydrogen-bond donors (Lipinski definition) is 1. The fraction of sp³-hybridized carbons (Fsp3) is 0.474. The highest BCUT2D eigenvalue weighted by Gasteiger charge is 2.33. The first-order valence-electron chi connectivity index (χ1n) is 9.16. The van der Waals surface area contributed by atoms with Gasteiger partial charge in [0.1, 0.15) is 0 Å². The van der Waals surface area contributed by atoms with Gasteiger partial charge < -0.3 is 9.47 Å².